The first-order chi connectivity index (χ1) is 27.9. The molecule has 6 rings (SSSR count). The highest BCUT2D eigenvalue weighted by molar-refractivity contribution is 5.74. The second kappa shape index (κ2) is 19.2. The summed E-state index contributed by atoms with van der Waals surface area (Å²) < 4.78 is 5.46. The van der Waals surface area contributed by atoms with Gasteiger partial charge in [0.05, 0.1) is 18.3 Å². The van der Waals surface area contributed by atoms with Gasteiger partial charge in [-0.05, 0) is 150 Å². The molecule has 7 N–H and O–H groups in total. The molecule has 2 fully saturated rings. The van der Waals surface area contributed by atoms with E-state index < -0.39 is 29.3 Å². The van der Waals surface area contributed by atoms with E-state index >= 15 is 0 Å². The predicted molar refractivity (Wildman–Crippen MR) is 230 cm³/mol. The molecular weight excluding hydrogens is 729 g/mol. The van der Waals surface area contributed by atoms with Crippen LogP contribution in [0.3, 0.4) is 0 Å². The number of benzene rings is 1. The molecule has 6 bridgehead atoms. The van der Waals surface area contributed by atoms with Gasteiger partial charge in [-0.3, -0.25) is 10.1 Å². The third kappa shape index (κ3) is 8.89. The van der Waals surface area contributed by atoms with Crippen LogP contribution in [-0.4, -0.2) is 95.8 Å². The van der Waals surface area contributed by atoms with Crippen molar-refractivity contribution in [2.24, 2.45) is 40.9 Å². The van der Waals surface area contributed by atoms with E-state index in [-0.39, 0.29) is 48.3 Å². The van der Waals surface area contributed by atoms with Gasteiger partial charge in [0.15, 0.2) is 0 Å². The van der Waals surface area contributed by atoms with Gasteiger partial charge in [-0.1, -0.05) is 78.4 Å². The van der Waals surface area contributed by atoms with Crippen molar-refractivity contribution < 1.29 is 35.1 Å². The van der Waals surface area contributed by atoms with Crippen LogP contribution in [0.25, 0.3) is 0 Å². The molecular formula is C49H70N2O7. The second-order valence-corrected chi connectivity index (χ2v) is 18.4. The molecule has 0 saturated heterocycles. The molecule has 9 heteroatoms. The molecule has 11 atom stereocenters. The summed E-state index contributed by atoms with van der Waals surface area (Å²) in [5.41, 5.74) is 4.19. The maximum absolute atomic E-state index is 12.8. The average Bonchev–Trinajstić information content (AvgIpc) is 3.56. The molecule has 1 spiro atoms. The number of aldehydes is 1. The molecule has 0 radical (unpaired) electrons. The van der Waals surface area contributed by atoms with E-state index in [2.05, 4.69) is 66.6 Å². The van der Waals surface area contributed by atoms with E-state index in [1.807, 2.05) is 32.2 Å². The zero-order valence-corrected chi connectivity index (χ0v) is 35.3. The monoisotopic (exact) mass is 799 g/mol. The van der Waals surface area contributed by atoms with Crippen molar-refractivity contribution in [3.05, 3.63) is 106 Å². The Morgan fingerprint density at radius 2 is 1.91 bits per heavy atom. The minimum atomic E-state index is -1.24. The van der Waals surface area contributed by atoms with Crippen LogP contribution in [-0.2, 0) is 22.4 Å². The van der Waals surface area contributed by atoms with Crippen LogP contribution in [0.5, 0.6) is 0 Å². The van der Waals surface area contributed by atoms with E-state index in [0.29, 0.717) is 56.4 Å². The van der Waals surface area contributed by atoms with Crippen molar-refractivity contribution >= 4 is 6.29 Å². The van der Waals surface area contributed by atoms with Gasteiger partial charge in [0.1, 0.15) is 12.5 Å². The lowest BCUT2D eigenvalue weighted by Gasteiger charge is -2.61. The quantitative estimate of drug-likeness (QED) is 0.0546. The van der Waals surface area contributed by atoms with E-state index in [4.69, 9.17) is 4.74 Å². The normalized spacial score (nSPS) is 37.3. The number of aliphatic hydroxyl groups is 5. The number of carbonyl (C=O) groups is 1. The van der Waals surface area contributed by atoms with Crippen LogP contribution >= 0.6 is 0 Å². The summed E-state index contributed by atoms with van der Waals surface area (Å²) in [7, 11) is 3.58. The summed E-state index contributed by atoms with van der Waals surface area (Å²) >= 11 is 0. The fraction of sp³-hybridized carbons (Fsp3) is 0.612. The number of fused-ring (bicyclic) bond motifs is 6. The highest BCUT2D eigenvalue weighted by Crippen LogP contribution is 2.67. The van der Waals surface area contributed by atoms with Crippen LogP contribution in [0.15, 0.2) is 95.2 Å². The van der Waals surface area contributed by atoms with Crippen LogP contribution in [0, 0.1) is 40.9 Å². The molecule has 1 aromatic rings. The molecule has 58 heavy (non-hydrogen) atoms. The molecule has 2 saturated carbocycles. The molecule has 11 unspecified atom stereocenters. The van der Waals surface area contributed by atoms with E-state index in [0.717, 1.165) is 61.5 Å². The molecule has 5 aliphatic rings. The maximum Gasteiger partial charge on any atom is 0.145 e. The minimum Gasteiger partial charge on any atom is -0.396 e. The Kier molecular flexibility index (Phi) is 14.7. The summed E-state index contributed by atoms with van der Waals surface area (Å²) in [6, 6.07) is 8.76. The number of hydrogen-bond acceptors (Lipinski definition) is 9. The SMILES string of the molecule is C=C(C=CC=C(CO)C1CCC2(C1O)C1C(=C(C)C=O)C(C=CC1CCO)CC2(O)CCNC)C1Cc2cccc(c2)CC(C)(CCOC)NC(O)C2=CC1CCC2. The first-order valence-corrected chi connectivity index (χ1v) is 21.8. The Balaban J connectivity index is 1.31. The zero-order valence-electron chi connectivity index (χ0n) is 35.3. The number of aliphatic hydroxyl groups excluding tert-OH is 4. The van der Waals surface area contributed by atoms with E-state index in [1.54, 1.807) is 7.11 Å². The van der Waals surface area contributed by atoms with Crippen LogP contribution in [0.2, 0.25) is 0 Å². The van der Waals surface area contributed by atoms with Crippen molar-refractivity contribution in [3.63, 3.8) is 0 Å². The highest BCUT2D eigenvalue weighted by atomic mass is 16.5. The fourth-order valence-electron chi connectivity index (χ4n) is 11.9. The third-order valence-corrected chi connectivity index (χ3v) is 14.8. The van der Waals surface area contributed by atoms with Gasteiger partial charge < -0.3 is 35.6 Å². The van der Waals surface area contributed by atoms with Gasteiger partial charge in [0, 0.05) is 43.1 Å². The summed E-state index contributed by atoms with van der Waals surface area (Å²) in [5, 5.41) is 64.9. The van der Waals surface area contributed by atoms with Gasteiger partial charge in [-0.25, -0.2) is 0 Å². The van der Waals surface area contributed by atoms with Crippen LogP contribution in [0.1, 0.15) is 82.8 Å². The maximum atomic E-state index is 12.8. The van der Waals surface area contributed by atoms with E-state index in [9.17, 15) is 30.3 Å². The van der Waals surface area contributed by atoms with Crippen molar-refractivity contribution in [2.75, 3.05) is 40.5 Å². The number of methoxy groups -OCH3 is 1. The van der Waals surface area contributed by atoms with Gasteiger partial charge in [0.25, 0.3) is 0 Å². The fourth-order valence-corrected chi connectivity index (χ4v) is 11.9. The summed E-state index contributed by atoms with van der Waals surface area (Å²) in [5.74, 6) is -0.737. The lowest BCUT2D eigenvalue weighted by Crippen LogP contribution is -2.65. The standard InChI is InChI=1S/C49H70N2O7/c1-32(42-26-34-10-7-11-35(25-34)28-47(3,21-24-58-5)51-46(56)38-13-8-12-37(42)27-38)9-6-14-40(31-54)41-17-19-49(45(41)55)44-36(18-23-52)15-16-39(43(44)33(2)30-53)29-48(49,57)20-22-50-4/h6-7,9-11,14-16,25,27,30,36-37,39,41-42,44-46,50-52,54-57H,1,8,12-13,17-24,26,28-29,31H2,2-5H3. The smallest absolute Gasteiger partial charge is 0.145 e. The first kappa shape index (κ1) is 44.6. The van der Waals surface area contributed by atoms with Crippen molar-refractivity contribution in [3.8, 4) is 0 Å². The van der Waals surface area contributed by atoms with Gasteiger partial charge >= 0.3 is 0 Å². The van der Waals surface area contributed by atoms with Gasteiger partial charge in [-0.15, -0.1) is 0 Å². The number of hydrogen-bond donors (Lipinski definition) is 7. The number of rotatable bonds is 14. The molecule has 1 heterocycles. The number of carbonyl (C=O) groups excluding carboxylic acids is 1. The summed E-state index contributed by atoms with van der Waals surface area (Å²) in [4.78, 5) is 12.3. The van der Waals surface area contributed by atoms with Crippen molar-refractivity contribution in [1.29, 1.82) is 0 Å². The lowest BCUT2D eigenvalue weighted by molar-refractivity contribution is -0.194. The Bertz CT molecular complexity index is 1780. The second-order valence-electron chi connectivity index (χ2n) is 18.4. The molecule has 4 aliphatic carbocycles. The predicted octanol–water partition coefficient (Wildman–Crippen LogP) is 5.68. The Hall–Kier alpha value is -2.99. The van der Waals surface area contributed by atoms with Crippen LogP contribution in [0.4, 0.5) is 0 Å². The largest absolute Gasteiger partial charge is 0.396 e. The first-order valence-electron chi connectivity index (χ1n) is 21.8. The zero-order chi connectivity index (χ0) is 41.7. The highest BCUT2D eigenvalue weighted by Gasteiger charge is 2.68. The van der Waals surface area contributed by atoms with Crippen LogP contribution < -0.4 is 10.6 Å². The molecule has 1 aliphatic heterocycles. The minimum absolute atomic E-state index is 0.0409. The third-order valence-electron chi connectivity index (χ3n) is 14.8. The molecule has 318 valence electrons. The molecule has 9 nitrogen and oxygen atoms in total. The lowest BCUT2D eigenvalue weighted by atomic mass is 9.45. The average molecular weight is 799 g/mol. The van der Waals surface area contributed by atoms with Crippen molar-refractivity contribution in [2.45, 2.75) is 108 Å². The van der Waals surface area contributed by atoms with Gasteiger partial charge in [0.2, 0.25) is 0 Å². The summed E-state index contributed by atoms with van der Waals surface area (Å²) in [6.45, 7) is 9.48. The van der Waals surface area contributed by atoms with Crippen molar-refractivity contribution in [1.82, 2.24) is 10.6 Å². The molecule has 0 aromatic heterocycles. The number of allylic oxidation sites excluding steroid dienone is 9. The Morgan fingerprint density at radius 3 is 2.64 bits per heavy atom. The van der Waals surface area contributed by atoms with E-state index in [1.165, 1.54) is 11.1 Å². The number of nitrogens with one attached hydrogen (secondary N) is 2. The molecule has 1 aromatic carbocycles. The Morgan fingerprint density at radius 1 is 1.12 bits per heavy atom. The Labute approximate surface area is 346 Å². The number of ether oxygens (including phenoxy) is 1. The molecule has 0 amide bonds. The summed E-state index contributed by atoms with van der Waals surface area (Å²) in [6.07, 6.45) is 19.1. The van der Waals surface area contributed by atoms with Gasteiger partial charge in [-0.2, -0.15) is 0 Å². The topological polar surface area (TPSA) is 152 Å².